The van der Waals surface area contributed by atoms with Crippen LogP contribution in [0, 0.1) is 5.21 Å². The maximum absolute atomic E-state index is 12.5. The Morgan fingerprint density at radius 3 is 2.50 bits per heavy atom. The van der Waals surface area contributed by atoms with Crippen LogP contribution in [0.2, 0.25) is 0 Å². The molecule has 1 aromatic heterocycles. The van der Waals surface area contributed by atoms with E-state index in [0.29, 0.717) is 5.69 Å². The van der Waals surface area contributed by atoms with Crippen molar-refractivity contribution in [3.63, 3.8) is 0 Å². The van der Waals surface area contributed by atoms with Crippen LogP contribution in [0.4, 0.5) is 0 Å². The average Bonchev–Trinajstić information content (AvgIpc) is 2.64. The molecule has 26 heavy (non-hydrogen) atoms. The van der Waals surface area contributed by atoms with Crippen molar-refractivity contribution < 1.29 is 4.73 Å². The zero-order chi connectivity index (χ0) is 18.1. The molecule has 0 saturated carbocycles. The van der Waals surface area contributed by atoms with Gasteiger partial charge in [0.05, 0.1) is 0 Å². The second-order valence-electron chi connectivity index (χ2n) is 7.00. The van der Waals surface area contributed by atoms with E-state index < -0.39 is 0 Å². The van der Waals surface area contributed by atoms with Crippen molar-refractivity contribution in [2.45, 2.75) is 6.54 Å². The summed E-state index contributed by atoms with van der Waals surface area (Å²) >= 11 is 3.58. The number of fused-ring (bicyclic) bond motifs is 1. The number of piperazine rings is 1. The predicted molar refractivity (Wildman–Crippen MR) is 109 cm³/mol. The van der Waals surface area contributed by atoms with Crippen LogP contribution in [0.15, 0.2) is 59.2 Å². The molecule has 4 nitrogen and oxygen atoms in total. The smallest absolute Gasteiger partial charge is 0.224 e. The summed E-state index contributed by atoms with van der Waals surface area (Å²) < 4.78 is 1.97. The van der Waals surface area contributed by atoms with Crippen LogP contribution in [0.3, 0.4) is 0 Å². The van der Waals surface area contributed by atoms with Gasteiger partial charge in [0, 0.05) is 59.6 Å². The molecule has 3 aromatic rings. The van der Waals surface area contributed by atoms with Gasteiger partial charge in [-0.2, -0.15) is 4.73 Å². The van der Waals surface area contributed by atoms with E-state index in [4.69, 9.17) is 0 Å². The highest BCUT2D eigenvalue weighted by atomic mass is 79.9. The molecule has 1 aliphatic heterocycles. The van der Waals surface area contributed by atoms with Crippen LogP contribution < -0.4 is 4.73 Å². The van der Waals surface area contributed by atoms with Crippen molar-refractivity contribution in [1.29, 1.82) is 0 Å². The van der Waals surface area contributed by atoms with Gasteiger partial charge in [-0.05, 0) is 36.9 Å². The van der Waals surface area contributed by atoms with Crippen LogP contribution in [0.5, 0.6) is 0 Å². The molecular formula is C21H22BrN3O. The minimum Gasteiger partial charge on any atom is -0.618 e. The van der Waals surface area contributed by atoms with Crippen molar-refractivity contribution in [2.75, 3.05) is 33.2 Å². The molecule has 1 fully saturated rings. The molecule has 0 spiro atoms. The normalized spacial score (nSPS) is 16.2. The minimum atomic E-state index is 0.676. The van der Waals surface area contributed by atoms with Gasteiger partial charge in [0.1, 0.15) is 0 Å². The standard InChI is InChI=1S/C21H22BrN3O/c1-23-9-11-24(12-10-23)14-16-5-7-17(8-6-16)21-13-19-18(15-25(21)26)3-2-4-20(19)22/h2-8,13,15H,9-12,14H2,1H3. The van der Waals surface area contributed by atoms with Gasteiger partial charge in [-0.1, -0.05) is 34.1 Å². The molecule has 0 atom stereocenters. The maximum atomic E-state index is 12.5. The number of likely N-dealkylation sites (N-methyl/N-ethyl adjacent to an activating group) is 1. The van der Waals surface area contributed by atoms with Crippen LogP contribution in [0.25, 0.3) is 22.0 Å². The van der Waals surface area contributed by atoms with Crippen molar-refractivity contribution in [2.24, 2.45) is 0 Å². The van der Waals surface area contributed by atoms with Crippen molar-refractivity contribution in [3.05, 3.63) is 70.0 Å². The highest BCUT2D eigenvalue weighted by Gasteiger charge is 2.15. The first-order valence-electron chi connectivity index (χ1n) is 8.92. The van der Waals surface area contributed by atoms with E-state index >= 15 is 0 Å². The Balaban J connectivity index is 1.58. The largest absolute Gasteiger partial charge is 0.618 e. The molecule has 2 aromatic carbocycles. The number of hydrogen-bond donors (Lipinski definition) is 0. The van der Waals surface area contributed by atoms with E-state index in [1.807, 2.05) is 24.3 Å². The average molecular weight is 412 g/mol. The fourth-order valence-electron chi connectivity index (χ4n) is 3.47. The van der Waals surface area contributed by atoms with E-state index in [0.717, 1.165) is 58.3 Å². The highest BCUT2D eigenvalue weighted by Crippen LogP contribution is 2.27. The molecule has 0 amide bonds. The third-order valence-electron chi connectivity index (χ3n) is 5.11. The third kappa shape index (κ3) is 3.61. The first-order chi connectivity index (χ1) is 12.6. The lowest BCUT2D eigenvalue weighted by Gasteiger charge is -2.32. The SMILES string of the molecule is CN1CCN(Cc2ccc(-c3cc4c(Br)cccc4c[n+]3[O-])cc2)CC1. The van der Waals surface area contributed by atoms with Gasteiger partial charge >= 0.3 is 0 Å². The summed E-state index contributed by atoms with van der Waals surface area (Å²) in [6.07, 6.45) is 1.65. The van der Waals surface area contributed by atoms with Gasteiger partial charge in [0.2, 0.25) is 5.69 Å². The number of aromatic nitrogens is 1. The molecule has 1 saturated heterocycles. The molecule has 134 valence electrons. The third-order valence-corrected chi connectivity index (χ3v) is 5.80. The molecule has 0 bridgehead atoms. The number of hydrogen-bond acceptors (Lipinski definition) is 3. The number of rotatable bonds is 3. The molecule has 0 radical (unpaired) electrons. The molecular weight excluding hydrogens is 390 g/mol. The van der Waals surface area contributed by atoms with E-state index in [2.05, 4.69) is 57.0 Å². The maximum Gasteiger partial charge on any atom is 0.224 e. The first kappa shape index (κ1) is 17.5. The van der Waals surface area contributed by atoms with Crippen LogP contribution in [-0.2, 0) is 6.54 Å². The zero-order valence-electron chi connectivity index (χ0n) is 14.9. The van der Waals surface area contributed by atoms with Gasteiger partial charge in [-0.15, -0.1) is 0 Å². The molecule has 0 unspecified atom stereocenters. The summed E-state index contributed by atoms with van der Waals surface area (Å²) in [7, 11) is 2.17. The topological polar surface area (TPSA) is 33.4 Å². The summed E-state index contributed by atoms with van der Waals surface area (Å²) in [6.45, 7) is 5.43. The molecule has 5 heteroatoms. The number of halogens is 1. The van der Waals surface area contributed by atoms with Gasteiger partial charge in [0.25, 0.3) is 0 Å². The second kappa shape index (κ2) is 7.35. The quantitative estimate of drug-likeness (QED) is 0.487. The lowest BCUT2D eigenvalue weighted by molar-refractivity contribution is -0.592. The van der Waals surface area contributed by atoms with E-state index in [9.17, 15) is 5.21 Å². The molecule has 1 aliphatic rings. The Bertz CT molecular complexity index is 918. The number of benzene rings is 2. The fourth-order valence-corrected chi connectivity index (χ4v) is 3.97. The fraction of sp³-hybridized carbons (Fsp3) is 0.286. The molecule has 4 rings (SSSR count). The van der Waals surface area contributed by atoms with E-state index in [1.54, 1.807) is 6.20 Å². The summed E-state index contributed by atoms with van der Waals surface area (Å²) in [6, 6.07) is 16.2. The Morgan fingerprint density at radius 2 is 1.77 bits per heavy atom. The highest BCUT2D eigenvalue weighted by molar-refractivity contribution is 9.10. The number of nitrogens with zero attached hydrogens (tertiary/aromatic N) is 3. The van der Waals surface area contributed by atoms with Crippen molar-refractivity contribution >= 4 is 26.7 Å². The minimum absolute atomic E-state index is 0.676. The predicted octanol–water partition coefficient (Wildman–Crippen LogP) is 3.65. The lowest BCUT2D eigenvalue weighted by Crippen LogP contribution is -2.43. The number of pyridine rings is 1. The molecule has 2 heterocycles. The summed E-state index contributed by atoms with van der Waals surface area (Å²) in [4.78, 5) is 4.85. The Morgan fingerprint density at radius 1 is 1.04 bits per heavy atom. The van der Waals surface area contributed by atoms with Crippen molar-refractivity contribution in [3.8, 4) is 11.3 Å². The first-order valence-corrected chi connectivity index (χ1v) is 9.71. The van der Waals surface area contributed by atoms with Crippen LogP contribution >= 0.6 is 15.9 Å². The van der Waals surface area contributed by atoms with Crippen molar-refractivity contribution in [1.82, 2.24) is 9.80 Å². The van der Waals surface area contributed by atoms with Gasteiger partial charge in [0.15, 0.2) is 6.20 Å². The molecule has 0 N–H and O–H groups in total. The summed E-state index contributed by atoms with van der Waals surface area (Å²) in [5.41, 5.74) is 2.91. The Kier molecular flexibility index (Phi) is 4.94. The van der Waals surface area contributed by atoms with E-state index in [1.165, 1.54) is 5.56 Å². The summed E-state index contributed by atoms with van der Waals surface area (Å²) in [5.74, 6) is 0. The van der Waals surface area contributed by atoms with Crippen LogP contribution in [-0.4, -0.2) is 43.0 Å². The second-order valence-corrected chi connectivity index (χ2v) is 7.86. The van der Waals surface area contributed by atoms with Crippen LogP contribution in [0.1, 0.15) is 5.56 Å². The zero-order valence-corrected chi connectivity index (χ0v) is 16.4. The Labute approximate surface area is 162 Å². The molecule has 0 aliphatic carbocycles. The lowest BCUT2D eigenvalue weighted by atomic mass is 10.1. The van der Waals surface area contributed by atoms with Gasteiger partial charge in [-0.25, -0.2) is 0 Å². The van der Waals surface area contributed by atoms with E-state index in [-0.39, 0.29) is 0 Å². The van der Waals surface area contributed by atoms with Gasteiger partial charge < -0.3 is 10.1 Å². The monoisotopic (exact) mass is 411 g/mol. The van der Waals surface area contributed by atoms with Gasteiger partial charge in [-0.3, -0.25) is 4.90 Å². The summed E-state index contributed by atoms with van der Waals surface area (Å²) in [5, 5.41) is 14.5. The Hall–Kier alpha value is -1.95.